The summed E-state index contributed by atoms with van der Waals surface area (Å²) >= 11 is 6.57. The third kappa shape index (κ3) is 6.49. The molecule has 4 aromatic rings. The molecule has 1 amide bonds. The number of carbonyl (C=O) groups is 1. The van der Waals surface area contributed by atoms with Crippen molar-refractivity contribution in [1.82, 2.24) is 14.5 Å². The summed E-state index contributed by atoms with van der Waals surface area (Å²) in [5.74, 6) is 0.891. The van der Waals surface area contributed by atoms with Crippen LogP contribution < -0.4 is 11.5 Å². The normalized spacial score (nSPS) is 16.4. The molecule has 0 spiro atoms. The molecule has 8 heteroatoms. The Bertz CT molecular complexity index is 1430. The van der Waals surface area contributed by atoms with Crippen molar-refractivity contribution in [2.75, 3.05) is 32.5 Å². The third-order valence-corrected chi connectivity index (χ3v) is 8.19. The Morgan fingerprint density at radius 1 is 1.15 bits per heavy atom. The molecule has 2 aromatic heterocycles. The van der Waals surface area contributed by atoms with Crippen LogP contribution in [0.4, 0.5) is 5.82 Å². The lowest BCUT2D eigenvalue weighted by molar-refractivity contribution is -0.132. The molecule has 1 aliphatic heterocycles. The Balaban J connectivity index is 1.22. The fourth-order valence-electron chi connectivity index (χ4n) is 5.81. The second-order valence-electron chi connectivity index (χ2n) is 10.8. The van der Waals surface area contributed by atoms with Gasteiger partial charge in [0.25, 0.3) is 0 Å². The van der Waals surface area contributed by atoms with E-state index in [0.29, 0.717) is 31.8 Å². The average Bonchev–Trinajstić information content (AvgIpc) is 3.34. The van der Waals surface area contributed by atoms with Crippen LogP contribution in [-0.4, -0.2) is 53.2 Å². The zero-order valence-electron chi connectivity index (χ0n) is 23.1. The second-order valence-corrected chi connectivity index (χ2v) is 11.2. The highest BCUT2D eigenvalue weighted by Gasteiger charge is 2.28. The van der Waals surface area contributed by atoms with E-state index in [1.54, 1.807) is 19.4 Å². The summed E-state index contributed by atoms with van der Waals surface area (Å²) in [6.07, 6.45) is 5.69. The van der Waals surface area contributed by atoms with Gasteiger partial charge in [0.05, 0.1) is 0 Å². The molecule has 1 fully saturated rings. The molecule has 1 aliphatic rings. The van der Waals surface area contributed by atoms with Gasteiger partial charge < -0.3 is 25.7 Å². The molecule has 0 saturated carbocycles. The first kappa shape index (κ1) is 28.1. The number of pyridine rings is 1. The lowest BCUT2D eigenvalue weighted by atomic mass is 9.93. The van der Waals surface area contributed by atoms with Gasteiger partial charge in [-0.3, -0.25) is 4.79 Å². The van der Waals surface area contributed by atoms with Gasteiger partial charge in [0, 0.05) is 85.1 Å². The lowest BCUT2D eigenvalue weighted by Crippen LogP contribution is -2.42. The number of anilines is 1. The molecule has 0 radical (unpaired) electrons. The van der Waals surface area contributed by atoms with Crippen molar-refractivity contribution in [1.29, 1.82) is 0 Å². The largest absolute Gasteiger partial charge is 0.385 e. The van der Waals surface area contributed by atoms with Gasteiger partial charge >= 0.3 is 0 Å². The number of piperidine rings is 1. The second kappa shape index (κ2) is 12.9. The molecule has 5 rings (SSSR count). The predicted molar refractivity (Wildman–Crippen MR) is 162 cm³/mol. The van der Waals surface area contributed by atoms with Crippen LogP contribution in [0.25, 0.3) is 22.0 Å². The maximum Gasteiger partial charge on any atom is 0.224 e. The van der Waals surface area contributed by atoms with E-state index in [1.807, 2.05) is 23.1 Å². The Kier molecular flexibility index (Phi) is 9.04. The third-order valence-electron chi connectivity index (χ3n) is 7.86. The number of halogens is 1. The minimum absolute atomic E-state index is 0.127. The molecule has 1 unspecified atom stereocenters. The number of nitrogens with zero attached hydrogens (tertiary/aromatic N) is 3. The number of ether oxygens (including phenoxy) is 1. The standard InChI is InChI=1S/C32H38ClN5O2/c1-40-16-4-15-38-29-7-2-6-28(33)27(29)19-30(38)25-5-3-14-37(21-25)32(39)18-26(34)17-22-8-10-23(11-9-22)24-12-13-31(35)36-20-24/h2,6-13,19-20,25-26H,3-5,14-18,21,34H2,1H3,(H2,35,36)/t25?,26-/m1/s1. The molecule has 7 nitrogen and oxygen atoms in total. The number of likely N-dealkylation sites (tertiary alicyclic amines) is 1. The maximum atomic E-state index is 13.3. The van der Waals surface area contributed by atoms with Gasteiger partial charge in [0.1, 0.15) is 5.82 Å². The number of nitrogen functional groups attached to an aromatic ring is 1. The molecular weight excluding hydrogens is 522 g/mol. The summed E-state index contributed by atoms with van der Waals surface area (Å²) in [7, 11) is 1.73. The van der Waals surface area contributed by atoms with Crippen LogP contribution in [0, 0.1) is 0 Å². The van der Waals surface area contributed by atoms with Gasteiger partial charge in [-0.25, -0.2) is 4.98 Å². The Morgan fingerprint density at radius 2 is 1.95 bits per heavy atom. The minimum Gasteiger partial charge on any atom is -0.385 e. The van der Waals surface area contributed by atoms with Crippen LogP contribution in [0.15, 0.2) is 66.9 Å². The van der Waals surface area contributed by atoms with E-state index < -0.39 is 0 Å². The molecule has 4 N–H and O–H groups in total. The summed E-state index contributed by atoms with van der Waals surface area (Å²) in [6, 6.07) is 20.1. The van der Waals surface area contributed by atoms with Gasteiger partial charge in [-0.15, -0.1) is 0 Å². The van der Waals surface area contributed by atoms with Crippen LogP contribution >= 0.6 is 11.6 Å². The van der Waals surface area contributed by atoms with E-state index in [9.17, 15) is 4.79 Å². The minimum atomic E-state index is -0.240. The number of benzene rings is 2. The van der Waals surface area contributed by atoms with E-state index in [1.165, 1.54) is 5.69 Å². The zero-order valence-corrected chi connectivity index (χ0v) is 23.8. The van der Waals surface area contributed by atoms with Crippen LogP contribution in [0.3, 0.4) is 0 Å². The van der Waals surface area contributed by atoms with Crippen molar-refractivity contribution < 1.29 is 9.53 Å². The van der Waals surface area contributed by atoms with Crippen molar-refractivity contribution in [3.63, 3.8) is 0 Å². The van der Waals surface area contributed by atoms with Crippen molar-refractivity contribution in [3.05, 3.63) is 83.1 Å². The molecule has 2 atom stereocenters. The summed E-state index contributed by atoms with van der Waals surface area (Å²) < 4.78 is 7.68. The first-order chi connectivity index (χ1) is 19.4. The highest BCUT2D eigenvalue weighted by Crippen LogP contribution is 2.35. The van der Waals surface area contributed by atoms with E-state index >= 15 is 0 Å². The number of hydrogen-bond donors (Lipinski definition) is 2. The number of aryl methyl sites for hydroxylation is 1. The Morgan fingerprint density at radius 3 is 2.70 bits per heavy atom. The van der Waals surface area contributed by atoms with Gasteiger partial charge in [0.2, 0.25) is 5.91 Å². The van der Waals surface area contributed by atoms with Gasteiger partial charge in [-0.05, 0) is 67.1 Å². The number of rotatable bonds is 10. The number of aromatic nitrogens is 2. The van der Waals surface area contributed by atoms with Crippen LogP contribution in [0.2, 0.25) is 5.02 Å². The van der Waals surface area contributed by atoms with Crippen LogP contribution in [0.5, 0.6) is 0 Å². The number of carbonyl (C=O) groups excluding carboxylic acids is 1. The first-order valence-corrected chi connectivity index (χ1v) is 14.4. The van der Waals surface area contributed by atoms with Gasteiger partial charge in [-0.2, -0.15) is 0 Å². The fraction of sp³-hybridized carbons (Fsp3) is 0.375. The van der Waals surface area contributed by atoms with Crippen molar-refractivity contribution >= 4 is 34.2 Å². The van der Waals surface area contributed by atoms with Crippen LogP contribution in [-0.2, 0) is 22.5 Å². The fourth-order valence-corrected chi connectivity index (χ4v) is 6.03. The number of amides is 1. The number of fused-ring (bicyclic) bond motifs is 1. The Hall–Kier alpha value is -3.39. The first-order valence-electron chi connectivity index (χ1n) is 14.0. The smallest absolute Gasteiger partial charge is 0.224 e. The topological polar surface area (TPSA) is 99.4 Å². The summed E-state index contributed by atoms with van der Waals surface area (Å²) in [4.78, 5) is 19.5. The Labute approximate surface area is 241 Å². The quantitative estimate of drug-likeness (QED) is 0.245. The molecule has 0 aliphatic carbocycles. The predicted octanol–water partition coefficient (Wildman–Crippen LogP) is 5.64. The average molecular weight is 560 g/mol. The highest BCUT2D eigenvalue weighted by atomic mass is 35.5. The number of methoxy groups -OCH3 is 1. The van der Waals surface area contributed by atoms with E-state index in [4.69, 9.17) is 27.8 Å². The zero-order chi connectivity index (χ0) is 28.1. The molecule has 2 aromatic carbocycles. The molecular formula is C32H38ClN5O2. The monoisotopic (exact) mass is 559 g/mol. The SMILES string of the molecule is COCCCn1c(C2CCCN(C(=O)C[C@H](N)Cc3ccc(-c4ccc(N)nc4)cc3)C2)cc2c(Cl)cccc21. The molecule has 210 valence electrons. The molecule has 3 heterocycles. The molecule has 1 saturated heterocycles. The van der Waals surface area contributed by atoms with Gasteiger partial charge in [0.15, 0.2) is 0 Å². The number of nitrogens with two attached hydrogens (primary N) is 2. The highest BCUT2D eigenvalue weighted by molar-refractivity contribution is 6.35. The van der Waals surface area contributed by atoms with Gasteiger partial charge in [-0.1, -0.05) is 41.9 Å². The van der Waals surface area contributed by atoms with Crippen molar-refractivity contribution in [2.24, 2.45) is 5.73 Å². The number of hydrogen-bond acceptors (Lipinski definition) is 5. The summed E-state index contributed by atoms with van der Waals surface area (Å²) in [5.41, 5.74) is 17.8. The van der Waals surface area contributed by atoms with E-state index in [2.05, 4.69) is 45.9 Å². The van der Waals surface area contributed by atoms with E-state index in [-0.39, 0.29) is 17.9 Å². The van der Waals surface area contributed by atoms with E-state index in [0.717, 1.165) is 65.0 Å². The summed E-state index contributed by atoms with van der Waals surface area (Å²) in [5, 5.41) is 1.83. The van der Waals surface area contributed by atoms with Crippen LogP contribution in [0.1, 0.15) is 42.9 Å². The van der Waals surface area contributed by atoms with Crippen molar-refractivity contribution in [3.8, 4) is 11.1 Å². The molecule has 0 bridgehead atoms. The van der Waals surface area contributed by atoms with Crippen molar-refractivity contribution in [2.45, 2.75) is 50.6 Å². The molecule has 40 heavy (non-hydrogen) atoms. The maximum absolute atomic E-state index is 13.3. The summed E-state index contributed by atoms with van der Waals surface area (Å²) in [6.45, 7) is 3.04. The lowest BCUT2D eigenvalue weighted by Gasteiger charge is -2.34.